The Morgan fingerprint density at radius 2 is 1.29 bits per heavy atom. The smallest absolute Gasteiger partial charge is 0.410 e. The molecule has 1 saturated carbocycles. The van der Waals surface area contributed by atoms with Gasteiger partial charge in [0.05, 0.1) is 48.3 Å². The number of likely N-dealkylation sites (N-methyl/N-ethyl adjacent to an activating group) is 1. The van der Waals surface area contributed by atoms with Gasteiger partial charge in [-0.15, -0.1) is 0 Å². The number of aliphatic hydroxyl groups excluding tert-OH is 4. The van der Waals surface area contributed by atoms with Crippen molar-refractivity contribution in [1.82, 2.24) is 36.8 Å². The lowest BCUT2D eigenvalue weighted by Crippen LogP contribution is -2.71. The maximum absolute atomic E-state index is 14.0. The Balaban J connectivity index is 1.73. The number of nitrogens with zero attached hydrogens (tertiary/aromatic N) is 2. The minimum absolute atomic E-state index is 0.0482. The first-order chi connectivity index (χ1) is 38.7. The van der Waals surface area contributed by atoms with Crippen LogP contribution >= 0.6 is 0 Å². The molecule has 13 atom stereocenters. The minimum Gasteiger partial charge on any atom is -0.466 e. The van der Waals surface area contributed by atoms with Crippen LogP contribution in [0.15, 0.2) is 36.1 Å². The first-order valence-electron chi connectivity index (χ1n) is 27.5. The van der Waals surface area contributed by atoms with Gasteiger partial charge in [-0.1, -0.05) is 0 Å². The number of nitro benzene ring substituents is 1. The number of nitrogens with one attached hydrogen (secondary N) is 6. The van der Waals surface area contributed by atoms with Crippen molar-refractivity contribution < 1.29 is 102 Å². The van der Waals surface area contributed by atoms with Gasteiger partial charge < -0.3 is 105 Å². The summed E-state index contributed by atoms with van der Waals surface area (Å²) in [6.45, 7) is 19.1. The average molecular weight is 1200 g/mol. The zero-order chi connectivity index (χ0) is 63.3. The van der Waals surface area contributed by atoms with Gasteiger partial charge in [0, 0.05) is 38.8 Å². The van der Waals surface area contributed by atoms with Crippen LogP contribution < -0.4 is 31.9 Å². The van der Waals surface area contributed by atoms with Crippen molar-refractivity contribution in [3.05, 3.63) is 51.8 Å². The third-order valence-electron chi connectivity index (χ3n) is 12.5. The molecule has 0 bridgehead atoms. The van der Waals surface area contributed by atoms with Crippen molar-refractivity contribution in [2.45, 2.75) is 217 Å². The summed E-state index contributed by atoms with van der Waals surface area (Å²) in [5, 5.41) is 85.6. The lowest BCUT2D eigenvalue weighted by atomic mass is 9.82. The van der Waals surface area contributed by atoms with Gasteiger partial charge in [0.25, 0.3) is 5.69 Å². The second-order valence-corrected chi connectivity index (χ2v) is 24.9. The SMILES string of the molecule is CN(C(=O)OC(C)(C)C)[C@@H]1[C@@H](O)[C@@H](O[C@@H]2[C@@H](O)[C@H](O[C@H]3OC(CNC(=O)OCc4ccc([N+](=O)[O-])cc4)=CC[C@H]3NCC(O)CNC(=O)OC(C)(C)C)[C@@H](NC(=O)OC(C)(C)C)C[C@H]2NC(=O)[C@@H](O)CCNC(=O)OC(C)(C)C)OC[C@]1(C)O. The Hall–Kier alpha value is -6.38. The molecule has 6 amide bonds. The van der Waals surface area contributed by atoms with Crippen LogP contribution in [-0.4, -0.2) is 213 Å². The number of ether oxygens (including phenoxy) is 9. The van der Waals surface area contributed by atoms with E-state index in [1.807, 2.05) is 0 Å². The monoisotopic (exact) mass is 1200 g/mol. The number of aliphatic hydroxyl groups is 5. The number of carbonyl (C=O) groups excluding carboxylic acids is 6. The van der Waals surface area contributed by atoms with Gasteiger partial charge >= 0.3 is 30.5 Å². The van der Waals surface area contributed by atoms with Gasteiger partial charge in [-0.3, -0.25) is 14.9 Å². The third kappa shape index (κ3) is 23.2. The highest BCUT2D eigenvalue weighted by Gasteiger charge is 2.55. The second-order valence-electron chi connectivity index (χ2n) is 24.9. The summed E-state index contributed by atoms with van der Waals surface area (Å²) in [6, 6.07) is 0.155. The molecule has 2 heterocycles. The van der Waals surface area contributed by atoms with E-state index in [-0.39, 0.29) is 57.1 Å². The fraction of sp³-hybridized carbons (Fsp3) is 0.741. The van der Waals surface area contributed by atoms with Crippen molar-refractivity contribution in [2.75, 3.05) is 39.8 Å². The fourth-order valence-electron chi connectivity index (χ4n) is 8.82. The lowest BCUT2D eigenvalue weighted by Gasteiger charge is -2.50. The van der Waals surface area contributed by atoms with Crippen molar-refractivity contribution >= 4 is 42.1 Å². The number of alkyl carbamates (subject to hydrolysis) is 4. The molecule has 3 aliphatic rings. The molecular weight excluding hydrogens is 1110 g/mol. The van der Waals surface area contributed by atoms with E-state index in [9.17, 15) is 64.4 Å². The molecule has 30 heteroatoms. The molecule has 11 N–H and O–H groups in total. The van der Waals surface area contributed by atoms with E-state index in [1.165, 1.54) is 38.2 Å². The molecule has 1 unspecified atom stereocenters. The number of hydrogen-bond acceptors (Lipinski definition) is 23. The second kappa shape index (κ2) is 29.6. The Labute approximate surface area is 488 Å². The van der Waals surface area contributed by atoms with Gasteiger partial charge in [-0.2, -0.15) is 0 Å². The number of hydrogen-bond donors (Lipinski definition) is 11. The first kappa shape index (κ1) is 70.1. The van der Waals surface area contributed by atoms with E-state index in [0.717, 1.165) is 4.90 Å². The standard InChI is InChI=1S/C54H88N8O22/c1-50(2,3)81-46(69)55-22-21-36(64)42(67)59-34-23-35(60-48(71)83-52(7,8)9)40(37(65)39(34)80-44-38(66)41(54(13,73)28-77-44)61(14)49(72)84-53(10,11)12)79-43-33(56-24-31(63)25-57-47(70)82-51(4,5)6)20-19-32(78-43)26-58-45(68)76-27-29-15-17-30(18-16-29)62(74)75/h15-19,31,33-41,43-44,56,63-66,73H,20-28H2,1-14H3,(H,55,69)(H,57,70)(H,58,68)(H,59,67)(H,60,71)/t31?,33-,34-,35+,36+,37-,38-,39+,40-,41-,43-,44-,54+/m1/s1. The number of carbonyl (C=O) groups is 6. The number of nitro groups is 1. The van der Waals surface area contributed by atoms with Crippen LogP contribution in [0.5, 0.6) is 0 Å². The Morgan fingerprint density at radius 3 is 1.86 bits per heavy atom. The number of non-ortho nitro benzene ring substituents is 1. The van der Waals surface area contributed by atoms with E-state index in [0.29, 0.717) is 5.56 Å². The van der Waals surface area contributed by atoms with Crippen molar-refractivity contribution in [2.24, 2.45) is 0 Å². The Bertz CT molecular complexity index is 2420. The highest BCUT2D eigenvalue weighted by Crippen LogP contribution is 2.35. The predicted molar refractivity (Wildman–Crippen MR) is 295 cm³/mol. The summed E-state index contributed by atoms with van der Waals surface area (Å²) in [4.78, 5) is 90.4. The van der Waals surface area contributed by atoms with Crippen LogP contribution in [0.1, 0.15) is 115 Å². The van der Waals surface area contributed by atoms with Gasteiger partial charge in [0.2, 0.25) is 12.2 Å². The molecule has 1 saturated heterocycles. The quantitative estimate of drug-likeness (QED) is 0.0477. The lowest BCUT2D eigenvalue weighted by molar-refractivity contribution is -0.384. The maximum Gasteiger partial charge on any atom is 0.410 e. The van der Waals surface area contributed by atoms with Crippen molar-refractivity contribution in [3.8, 4) is 0 Å². The fourth-order valence-corrected chi connectivity index (χ4v) is 8.82. The average Bonchev–Trinajstić information content (AvgIpc) is 1.09. The summed E-state index contributed by atoms with van der Waals surface area (Å²) in [5.74, 6) is -0.940. The Morgan fingerprint density at radius 1 is 0.738 bits per heavy atom. The van der Waals surface area contributed by atoms with Gasteiger partial charge in [0.15, 0.2) is 6.29 Å². The summed E-state index contributed by atoms with van der Waals surface area (Å²) in [7, 11) is 1.28. The molecular formula is C54H88N8O22. The summed E-state index contributed by atoms with van der Waals surface area (Å²) < 4.78 is 52.3. The van der Waals surface area contributed by atoms with Crippen LogP contribution in [0.2, 0.25) is 0 Å². The molecule has 1 aliphatic carbocycles. The minimum atomic E-state index is -2.00. The van der Waals surface area contributed by atoms with Gasteiger partial charge in [-0.25, -0.2) is 24.0 Å². The van der Waals surface area contributed by atoms with Crippen LogP contribution in [0.25, 0.3) is 0 Å². The van der Waals surface area contributed by atoms with Gasteiger partial charge in [0.1, 0.15) is 70.9 Å². The molecule has 476 valence electrons. The number of amides is 6. The summed E-state index contributed by atoms with van der Waals surface area (Å²) in [6.07, 6.45) is -17.2. The molecule has 1 aromatic rings. The number of benzene rings is 1. The summed E-state index contributed by atoms with van der Waals surface area (Å²) >= 11 is 0. The van der Waals surface area contributed by atoms with Gasteiger partial charge in [-0.05, 0) is 133 Å². The topological polar surface area (TPSA) is 405 Å². The summed E-state index contributed by atoms with van der Waals surface area (Å²) in [5.41, 5.74) is -5.39. The molecule has 84 heavy (non-hydrogen) atoms. The molecule has 0 aromatic heterocycles. The van der Waals surface area contributed by atoms with E-state index in [1.54, 1.807) is 89.2 Å². The molecule has 4 rings (SSSR count). The van der Waals surface area contributed by atoms with Crippen molar-refractivity contribution in [1.29, 1.82) is 0 Å². The predicted octanol–water partition coefficient (Wildman–Crippen LogP) is 2.19. The normalized spacial score (nSPS) is 26.3. The molecule has 2 fully saturated rings. The van der Waals surface area contributed by atoms with Crippen LogP contribution in [0.4, 0.5) is 29.7 Å². The zero-order valence-electron chi connectivity index (χ0n) is 50.2. The van der Waals surface area contributed by atoms with E-state index in [2.05, 4.69) is 31.9 Å². The molecule has 2 aliphatic heterocycles. The maximum atomic E-state index is 14.0. The van der Waals surface area contributed by atoms with Crippen molar-refractivity contribution in [3.63, 3.8) is 0 Å². The highest BCUT2D eigenvalue weighted by atomic mass is 16.7. The number of rotatable bonds is 21. The highest BCUT2D eigenvalue weighted by molar-refractivity contribution is 5.81. The van der Waals surface area contributed by atoms with E-state index in [4.69, 9.17) is 42.6 Å². The van der Waals surface area contributed by atoms with Crippen LogP contribution in [-0.2, 0) is 54.0 Å². The molecule has 0 radical (unpaired) electrons. The first-order valence-corrected chi connectivity index (χ1v) is 27.5. The van der Waals surface area contributed by atoms with E-state index >= 15 is 0 Å². The van der Waals surface area contributed by atoms with E-state index < -0.39 is 156 Å². The largest absolute Gasteiger partial charge is 0.466 e. The Kier molecular flexibility index (Phi) is 24.7. The van der Waals surface area contributed by atoms with Crippen LogP contribution in [0.3, 0.4) is 0 Å². The molecule has 1 aromatic carbocycles. The zero-order valence-corrected chi connectivity index (χ0v) is 50.2. The third-order valence-corrected chi connectivity index (χ3v) is 12.5. The van der Waals surface area contributed by atoms with Crippen LogP contribution in [0, 0.1) is 10.1 Å². The molecule has 0 spiro atoms. The molecule has 30 nitrogen and oxygen atoms in total.